The molecule has 0 heterocycles. The monoisotopic (exact) mass is 483 g/mol. The van der Waals surface area contributed by atoms with E-state index in [2.05, 4.69) is 10.6 Å². The molecule has 0 bridgehead atoms. The van der Waals surface area contributed by atoms with Crippen molar-refractivity contribution < 1.29 is 24.2 Å². The third-order valence-electron chi connectivity index (χ3n) is 5.28. The van der Waals surface area contributed by atoms with Gasteiger partial charge in [0.2, 0.25) is 11.8 Å². The van der Waals surface area contributed by atoms with Gasteiger partial charge in [-0.3, -0.25) is 9.59 Å². The topological polar surface area (TPSA) is 108 Å². The van der Waals surface area contributed by atoms with Gasteiger partial charge in [-0.1, -0.05) is 56.3 Å². The molecule has 35 heavy (non-hydrogen) atoms. The van der Waals surface area contributed by atoms with Crippen LogP contribution in [0.4, 0.5) is 4.79 Å². The summed E-state index contributed by atoms with van der Waals surface area (Å²) in [6.07, 6.45) is -0.706. The Morgan fingerprint density at radius 2 is 1.69 bits per heavy atom. The smallest absolute Gasteiger partial charge is 0.408 e. The van der Waals surface area contributed by atoms with Crippen molar-refractivity contribution in [2.75, 3.05) is 6.54 Å². The Hall–Kier alpha value is -3.55. The second-order valence-electron chi connectivity index (χ2n) is 9.69. The van der Waals surface area contributed by atoms with Gasteiger partial charge in [0.1, 0.15) is 23.4 Å². The molecule has 0 radical (unpaired) electrons. The highest BCUT2D eigenvalue weighted by atomic mass is 16.6. The fourth-order valence-electron chi connectivity index (χ4n) is 3.64. The van der Waals surface area contributed by atoms with Crippen molar-refractivity contribution in [1.29, 1.82) is 0 Å². The molecule has 2 rings (SSSR count). The van der Waals surface area contributed by atoms with E-state index in [1.165, 1.54) is 17.0 Å². The Labute approximate surface area is 207 Å². The fraction of sp³-hybridized carbons (Fsp3) is 0.444. The minimum atomic E-state index is -1.01. The first-order chi connectivity index (χ1) is 16.4. The van der Waals surface area contributed by atoms with Gasteiger partial charge in [0.25, 0.3) is 0 Å². The molecular formula is C27H37N3O5. The quantitative estimate of drug-likeness (QED) is 0.497. The standard InChI is InChI=1S/C27H37N3O5/c1-7-30(25(33)22(18(2)3)29-26(34)35-27(4,5)6)23(20-14-11-15-21(31)16-20)24(32)28-17-19-12-9-8-10-13-19/h8-16,18,22-23,31H,7,17H2,1-6H3,(H,28,32)(H,29,34). The van der Waals surface area contributed by atoms with Gasteiger partial charge >= 0.3 is 6.09 Å². The zero-order valence-corrected chi connectivity index (χ0v) is 21.4. The number of carbonyl (C=O) groups is 3. The third kappa shape index (κ3) is 8.31. The Kier molecular flexibility index (Phi) is 9.68. The molecule has 2 atom stereocenters. The maximum atomic E-state index is 13.7. The highest BCUT2D eigenvalue weighted by Gasteiger charge is 2.36. The van der Waals surface area contributed by atoms with Gasteiger partial charge in [-0.25, -0.2) is 4.79 Å². The molecule has 0 saturated heterocycles. The van der Waals surface area contributed by atoms with E-state index in [0.717, 1.165) is 5.56 Å². The lowest BCUT2D eigenvalue weighted by Crippen LogP contribution is -2.54. The predicted octanol–water partition coefficient (Wildman–Crippen LogP) is 4.15. The number of benzene rings is 2. The van der Waals surface area contributed by atoms with Crippen molar-refractivity contribution in [3.05, 3.63) is 65.7 Å². The molecule has 0 saturated carbocycles. The lowest BCUT2D eigenvalue weighted by Gasteiger charge is -2.35. The van der Waals surface area contributed by atoms with Crippen LogP contribution in [-0.2, 0) is 20.9 Å². The first-order valence-corrected chi connectivity index (χ1v) is 11.8. The molecule has 0 aromatic heterocycles. The lowest BCUT2D eigenvalue weighted by atomic mass is 9.98. The van der Waals surface area contributed by atoms with Crippen LogP contribution < -0.4 is 10.6 Å². The summed E-state index contributed by atoms with van der Waals surface area (Å²) >= 11 is 0. The van der Waals surface area contributed by atoms with Crippen LogP contribution in [0.25, 0.3) is 0 Å². The number of rotatable bonds is 9. The maximum absolute atomic E-state index is 13.7. The van der Waals surface area contributed by atoms with E-state index < -0.39 is 35.6 Å². The van der Waals surface area contributed by atoms with Crippen LogP contribution in [0.2, 0.25) is 0 Å². The number of likely N-dealkylation sites (N-methyl/N-ethyl adjacent to an activating group) is 1. The third-order valence-corrected chi connectivity index (χ3v) is 5.28. The van der Waals surface area contributed by atoms with E-state index in [0.29, 0.717) is 5.56 Å². The Balaban J connectivity index is 2.36. The number of aromatic hydroxyl groups is 1. The van der Waals surface area contributed by atoms with Crippen molar-refractivity contribution in [3.63, 3.8) is 0 Å². The van der Waals surface area contributed by atoms with E-state index in [1.54, 1.807) is 39.8 Å². The molecule has 3 N–H and O–H groups in total. The first-order valence-electron chi connectivity index (χ1n) is 11.8. The summed E-state index contributed by atoms with van der Waals surface area (Å²) in [5.41, 5.74) is 0.655. The number of hydrogen-bond donors (Lipinski definition) is 3. The largest absolute Gasteiger partial charge is 0.508 e. The molecule has 0 fully saturated rings. The van der Waals surface area contributed by atoms with E-state index in [1.807, 2.05) is 44.2 Å². The zero-order valence-electron chi connectivity index (χ0n) is 21.4. The van der Waals surface area contributed by atoms with Gasteiger partial charge in [-0.2, -0.15) is 0 Å². The van der Waals surface area contributed by atoms with Crippen LogP contribution in [0.1, 0.15) is 58.7 Å². The normalized spacial score (nSPS) is 13.0. The number of alkyl carbamates (subject to hydrolysis) is 1. The van der Waals surface area contributed by atoms with E-state index in [9.17, 15) is 19.5 Å². The fourth-order valence-corrected chi connectivity index (χ4v) is 3.64. The van der Waals surface area contributed by atoms with Crippen LogP contribution in [0.5, 0.6) is 5.75 Å². The molecule has 3 amide bonds. The molecule has 2 aromatic rings. The van der Waals surface area contributed by atoms with Gasteiger partial charge in [0.15, 0.2) is 0 Å². The number of amides is 3. The van der Waals surface area contributed by atoms with Gasteiger partial charge in [0.05, 0.1) is 0 Å². The van der Waals surface area contributed by atoms with Crippen LogP contribution in [-0.4, -0.2) is 46.1 Å². The van der Waals surface area contributed by atoms with Crippen molar-refractivity contribution in [1.82, 2.24) is 15.5 Å². The van der Waals surface area contributed by atoms with Crippen molar-refractivity contribution in [3.8, 4) is 5.75 Å². The highest BCUT2D eigenvalue weighted by Crippen LogP contribution is 2.26. The van der Waals surface area contributed by atoms with Gasteiger partial charge in [0, 0.05) is 13.1 Å². The van der Waals surface area contributed by atoms with Gasteiger partial charge in [-0.15, -0.1) is 0 Å². The minimum Gasteiger partial charge on any atom is -0.508 e. The molecular weight excluding hydrogens is 446 g/mol. The average Bonchev–Trinajstić information content (AvgIpc) is 2.78. The summed E-state index contributed by atoms with van der Waals surface area (Å²) < 4.78 is 5.34. The Bertz CT molecular complexity index is 1000. The van der Waals surface area contributed by atoms with Crippen LogP contribution in [0.15, 0.2) is 54.6 Å². The van der Waals surface area contributed by atoms with Crippen LogP contribution >= 0.6 is 0 Å². The number of carbonyl (C=O) groups excluding carboxylic acids is 3. The molecule has 0 aliphatic carbocycles. The predicted molar refractivity (Wildman–Crippen MR) is 135 cm³/mol. The minimum absolute atomic E-state index is 0.0147. The average molecular weight is 484 g/mol. The Morgan fingerprint density at radius 1 is 1.03 bits per heavy atom. The van der Waals surface area contributed by atoms with E-state index >= 15 is 0 Å². The van der Waals surface area contributed by atoms with Gasteiger partial charge in [-0.05, 0) is 56.9 Å². The molecule has 190 valence electrons. The molecule has 8 heteroatoms. The summed E-state index contributed by atoms with van der Waals surface area (Å²) in [6.45, 7) is 11.1. The summed E-state index contributed by atoms with van der Waals surface area (Å²) in [5.74, 6) is -1.09. The highest BCUT2D eigenvalue weighted by molar-refractivity contribution is 5.92. The number of nitrogens with one attached hydrogen (secondary N) is 2. The molecule has 0 aliphatic rings. The maximum Gasteiger partial charge on any atom is 0.408 e. The molecule has 2 unspecified atom stereocenters. The molecule has 8 nitrogen and oxygen atoms in total. The number of ether oxygens (including phenoxy) is 1. The summed E-state index contributed by atoms with van der Waals surface area (Å²) in [4.78, 5) is 41.0. The second kappa shape index (κ2) is 12.2. The zero-order chi connectivity index (χ0) is 26.2. The molecule has 0 aliphatic heterocycles. The summed E-state index contributed by atoms with van der Waals surface area (Å²) in [6, 6.07) is 13.8. The SMILES string of the molecule is CCN(C(=O)C(NC(=O)OC(C)(C)C)C(C)C)C(C(=O)NCc1ccccc1)c1cccc(O)c1. The van der Waals surface area contributed by atoms with Gasteiger partial charge < -0.3 is 25.4 Å². The van der Waals surface area contributed by atoms with Crippen LogP contribution in [0, 0.1) is 5.92 Å². The lowest BCUT2D eigenvalue weighted by molar-refractivity contribution is -0.143. The number of phenolic OH excluding ortho intramolecular Hbond substituents is 1. The second-order valence-corrected chi connectivity index (χ2v) is 9.69. The summed E-state index contributed by atoms with van der Waals surface area (Å²) in [5, 5.41) is 15.6. The Morgan fingerprint density at radius 3 is 2.23 bits per heavy atom. The first kappa shape index (κ1) is 27.7. The van der Waals surface area contributed by atoms with Crippen LogP contribution in [0.3, 0.4) is 0 Å². The number of phenols is 1. The number of hydrogen-bond acceptors (Lipinski definition) is 5. The van der Waals surface area contributed by atoms with Crippen molar-refractivity contribution in [2.45, 2.75) is 65.8 Å². The van der Waals surface area contributed by atoms with E-state index in [-0.39, 0.29) is 24.8 Å². The molecule has 2 aromatic carbocycles. The molecule has 0 spiro atoms. The summed E-state index contributed by atoms with van der Waals surface area (Å²) in [7, 11) is 0. The van der Waals surface area contributed by atoms with Crippen molar-refractivity contribution >= 4 is 17.9 Å². The van der Waals surface area contributed by atoms with E-state index in [4.69, 9.17) is 4.74 Å². The number of nitrogens with zero attached hydrogens (tertiary/aromatic N) is 1. The van der Waals surface area contributed by atoms with Crippen molar-refractivity contribution in [2.24, 2.45) is 5.92 Å².